The number of ether oxygens (including phenoxy) is 2. The standard InChI is InChI=1S/C21H17NO5/c1-14-7-9-15(10-8-14)21(23)16-11-12-18(17(13-16)22(24)25)27-20-6-4-3-5-19(20)26-2/h3-13H,1-2H3. The van der Waals surface area contributed by atoms with Crippen molar-refractivity contribution in [2.24, 2.45) is 0 Å². The first-order valence-electron chi connectivity index (χ1n) is 8.20. The van der Waals surface area contributed by atoms with Crippen molar-refractivity contribution in [3.8, 4) is 17.2 Å². The van der Waals surface area contributed by atoms with Crippen molar-refractivity contribution >= 4 is 11.5 Å². The molecule has 0 fully saturated rings. The van der Waals surface area contributed by atoms with E-state index in [1.54, 1.807) is 36.4 Å². The molecule has 6 nitrogen and oxygen atoms in total. The molecule has 0 unspecified atom stereocenters. The van der Waals surface area contributed by atoms with E-state index in [1.165, 1.54) is 25.3 Å². The number of ketones is 1. The number of benzene rings is 3. The molecule has 0 saturated heterocycles. The molecule has 27 heavy (non-hydrogen) atoms. The summed E-state index contributed by atoms with van der Waals surface area (Å²) in [5, 5.41) is 11.5. The average molecular weight is 363 g/mol. The van der Waals surface area contributed by atoms with Gasteiger partial charge in [-0.15, -0.1) is 0 Å². The van der Waals surface area contributed by atoms with Crippen LogP contribution in [-0.4, -0.2) is 17.8 Å². The number of nitro groups is 1. The van der Waals surface area contributed by atoms with Crippen LogP contribution in [0.1, 0.15) is 21.5 Å². The molecular formula is C21H17NO5. The third kappa shape index (κ3) is 3.95. The molecule has 0 N–H and O–H groups in total. The van der Waals surface area contributed by atoms with Crippen LogP contribution >= 0.6 is 0 Å². The van der Waals surface area contributed by atoms with Crippen LogP contribution in [0.5, 0.6) is 17.2 Å². The molecule has 0 aliphatic rings. The molecule has 0 atom stereocenters. The van der Waals surface area contributed by atoms with E-state index in [0.29, 0.717) is 17.1 Å². The Morgan fingerprint density at radius 1 is 0.889 bits per heavy atom. The van der Waals surface area contributed by atoms with Gasteiger partial charge < -0.3 is 9.47 Å². The molecule has 0 spiro atoms. The van der Waals surface area contributed by atoms with Crippen LogP contribution in [0.25, 0.3) is 0 Å². The average Bonchev–Trinajstić information content (AvgIpc) is 2.68. The lowest BCUT2D eigenvalue weighted by molar-refractivity contribution is -0.385. The number of para-hydroxylation sites is 2. The largest absolute Gasteiger partial charge is 0.493 e. The number of carbonyl (C=O) groups excluding carboxylic acids is 1. The minimum atomic E-state index is -0.573. The van der Waals surface area contributed by atoms with Crippen LogP contribution in [0, 0.1) is 17.0 Å². The SMILES string of the molecule is COc1ccccc1Oc1ccc(C(=O)c2ccc(C)cc2)cc1[N+](=O)[O-]. The molecule has 0 saturated carbocycles. The summed E-state index contributed by atoms with van der Waals surface area (Å²) in [5.74, 6) is 0.541. The summed E-state index contributed by atoms with van der Waals surface area (Å²) in [6.45, 7) is 1.92. The van der Waals surface area contributed by atoms with Crippen LogP contribution in [-0.2, 0) is 0 Å². The van der Waals surface area contributed by atoms with Gasteiger partial charge in [0.25, 0.3) is 0 Å². The van der Waals surface area contributed by atoms with E-state index in [9.17, 15) is 14.9 Å². The minimum absolute atomic E-state index is 0.0324. The third-order valence-electron chi connectivity index (χ3n) is 4.02. The minimum Gasteiger partial charge on any atom is -0.493 e. The second kappa shape index (κ2) is 7.70. The van der Waals surface area contributed by atoms with Crippen molar-refractivity contribution < 1.29 is 19.2 Å². The Morgan fingerprint density at radius 3 is 2.15 bits per heavy atom. The molecule has 0 aliphatic heterocycles. The summed E-state index contributed by atoms with van der Waals surface area (Å²) in [7, 11) is 1.49. The van der Waals surface area contributed by atoms with Crippen LogP contribution in [0.3, 0.4) is 0 Å². The van der Waals surface area contributed by atoms with Gasteiger partial charge >= 0.3 is 5.69 Å². The number of hydrogen-bond acceptors (Lipinski definition) is 5. The zero-order valence-corrected chi connectivity index (χ0v) is 14.8. The maximum absolute atomic E-state index is 12.6. The highest BCUT2D eigenvalue weighted by Gasteiger charge is 2.21. The van der Waals surface area contributed by atoms with Gasteiger partial charge in [-0.2, -0.15) is 0 Å². The molecule has 0 radical (unpaired) electrons. The second-order valence-electron chi connectivity index (χ2n) is 5.89. The van der Waals surface area contributed by atoms with Gasteiger partial charge in [-0.05, 0) is 31.2 Å². The van der Waals surface area contributed by atoms with Crippen LogP contribution in [0.15, 0.2) is 66.7 Å². The zero-order chi connectivity index (χ0) is 19.4. The van der Waals surface area contributed by atoms with Crippen LogP contribution in [0.4, 0.5) is 5.69 Å². The van der Waals surface area contributed by atoms with E-state index < -0.39 is 4.92 Å². The number of nitro benzene ring substituents is 1. The normalized spacial score (nSPS) is 10.3. The molecule has 0 aromatic heterocycles. The number of rotatable bonds is 6. The topological polar surface area (TPSA) is 78.7 Å². The Hall–Kier alpha value is -3.67. The Labute approximate surface area is 156 Å². The quantitative estimate of drug-likeness (QED) is 0.352. The van der Waals surface area contributed by atoms with Gasteiger partial charge in [0.1, 0.15) is 0 Å². The summed E-state index contributed by atoms with van der Waals surface area (Å²) >= 11 is 0. The maximum atomic E-state index is 12.6. The lowest BCUT2D eigenvalue weighted by Gasteiger charge is -2.11. The molecule has 136 valence electrons. The summed E-state index contributed by atoms with van der Waals surface area (Å²) in [6, 6.07) is 18.0. The highest BCUT2D eigenvalue weighted by molar-refractivity contribution is 6.09. The van der Waals surface area contributed by atoms with Crippen molar-refractivity contribution in [3.63, 3.8) is 0 Å². The van der Waals surface area contributed by atoms with Crippen molar-refractivity contribution in [1.82, 2.24) is 0 Å². The van der Waals surface area contributed by atoms with Gasteiger partial charge in [-0.1, -0.05) is 42.0 Å². The smallest absolute Gasteiger partial charge is 0.312 e. The van der Waals surface area contributed by atoms with E-state index in [0.717, 1.165) is 5.56 Å². The summed E-state index contributed by atoms with van der Waals surface area (Å²) in [4.78, 5) is 23.6. The Bertz CT molecular complexity index is 996. The number of hydrogen-bond donors (Lipinski definition) is 0. The van der Waals surface area contributed by atoms with Crippen LogP contribution < -0.4 is 9.47 Å². The molecule has 0 aliphatic carbocycles. The van der Waals surface area contributed by atoms with E-state index in [1.807, 2.05) is 19.1 Å². The molecule has 0 bridgehead atoms. The highest BCUT2D eigenvalue weighted by atomic mass is 16.6. The summed E-state index contributed by atoms with van der Waals surface area (Å²) in [5.41, 5.74) is 1.42. The molecule has 0 heterocycles. The number of carbonyl (C=O) groups is 1. The predicted octanol–water partition coefficient (Wildman–Crippen LogP) is 4.94. The van der Waals surface area contributed by atoms with Gasteiger partial charge in [-0.3, -0.25) is 14.9 Å². The van der Waals surface area contributed by atoms with Gasteiger partial charge in [0.2, 0.25) is 5.75 Å². The third-order valence-corrected chi connectivity index (χ3v) is 4.02. The van der Waals surface area contributed by atoms with Gasteiger partial charge in [0.15, 0.2) is 17.3 Å². The number of aryl methyl sites for hydroxylation is 1. The van der Waals surface area contributed by atoms with Crippen molar-refractivity contribution in [2.45, 2.75) is 6.92 Å². The summed E-state index contributed by atoms with van der Waals surface area (Å²) in [6.07, 6.45) is 0. The molecule has 3 rings (SSSR count). The van der Waals surface area contributed by atoms with Gasteiger partial charge in [0.05, 0.1) is 12.0 Å². The first-order valence-corrected chi connectivity index (χ1v) is 8.20. The van der Waals surface area contributed by atoms with E-state index in [4.69, 9.17) is 9.47 Å². The summed E-state index contributed by atoms with van der Waals surface area (Å²) < 4.78 is 10.9. The molecular weight excluding hydrogens is 346 g/mol. The van der Waals surface area contributed by atoms with E-state index >= 15 is 0 Å². The van der Waals surface area contributed by atoms with E-state index in [-0.39, 0.29) is 22.8 Å². The molecule has 3 aromatic carbocycles. The van der Waals surface area contributed by atoms with Crippen molar-refractivity contribution in [1.29, 1.82) is 0 Å². The lowest BCUT2D eigenvalue weighted by Crippen LogP contribution is -2.03. The first kappa shape index (κ1) is 18.1. The fourth-order valence-corrected chi connectivity index (χ4v) is 2.58. The zero-order valence-electron chi connectivity index (χ0n) is 14.8. The Kier molecular flexibility index (Phi) is 5.17. The highest BCUT2D eigenvalue weighted by Crippen LogP contribution is 2.36. The van der Waals surface area contributed by atoms with Crippen molar-refractivity contribution in [3.05, 3.63) is 93.5 Å². The van der Waals surface area contributed by atoms with Crippen LogP contribution in [0.2, 0.25) is 0 Å². The maximum Gasteiger partial charge on any atom is 0.312 e. The predicted molar refractivity (Wildman–Crippen MR) is 101 cm³/mol. The second-order valence-corrected chi connectivity index (χ2v) is 5.89. The number of methoxy groups -OCH3 is 1. The Balaban J connectivity index is 1.96. The number of nitrogens with zero attached hydrogens (tertiary/aromatic N) is 1. The lowest BCUT2D eigenvalue weighted by atomic mass is 10.0. The van der Waals surface area contributed by atoms with Crippen molar-refractivity contribution in [2.75, 3.05) is 7.11 Å². The van der Waals surface area contributed by atoms with Gasteiger partial charge in [0, 0.05) is 17.2 Å². The van der Waals surface area contributed by atoms with Gasteiger partial charge in [-0.25, -0.2) is 0 Å². The Morgan fingerprint density at radius 2 is 1.52 bits per heavy atom. The monoisotopic (exact) mass is 363 g/mol. The molecule has 3 aromatic rings. The fourth-order valence-electron chi connectivity index (χ4n) is 2.58. The molecule has 6 heteroatoms. The molecule has 0 amide bonds. The van der Waals surface area contributed by atoms with E-state index in [2.05, 4.69) is 0 Å². The first-order chi connectivity index (χ1) is 13.0. The fraction of sp³-hybridized carbons (Fsp3) is 0.0952.